The Kier molecular flexibility index (Phi) is 4.95. The molecule has 0 aromatic rings. The minimum Gasteiger partial charge on any atom is -0.354 e. The molecule has 0 aromatic carbocycles. The Morgan fingerprint density at radius 1 is 1.62 bits per heavy atom. The summed E-state index contributed by atoms with van der Waals surface area (Å²) in [5, 5.41) is 0. The Labute approximate surface area is 49.9 Å². The maximum absolute atomic E-state index is 4.87. The summed E-state index contributed by atoms with van der Waals surface area (Å²) in [6, 6.07) is 0. The van der Waals surface area contributed by atoms with Crippen LogP contribution in [0.4, 0.5) is 0 Å². The van der Waals surface area contributed by atoms with E-state index in [4.69, 9.17) is 9.57 Å². The minimum atomic E-state index is -0.157. The summed E-state index contributed by atoms with van der Waals surface area (Å²) >= 11 is 0. The van der Waals surface area contributed by atoms with Crippen LogP contribution in [-0.2, 0) is 9.57 Å². The van der Waals surface area contributed by atoms with Gasteiger partial charge in [0, 0.05) is 13.7 Å². The van der Waals surface area contributed by atoms with Crippen molar-refractivity contribution in [2.75, 3.05) is 13.7 Å². The molecule has 0 aliphatic carbocycles. The Morgan fingerprint density at radius 3 is 2.62 bits per heavy atom. The summed E-state index contributed by atoms with van der Waals surface area (Å²) in [5.74, 6) is 0. The lowest BCUT2D eigenvalue weighted by molar-refractivity contribution is -0.152. The molecular weight excluding hydrogens is 106 g/mol. The second-order valence-electron chi connectivity index (χ2n) is 1.42. The fourth-order valence-corrected chi connectivity index (χ4v) is 0.249. The molecule has 0 amide bonds. The fraction of sp³-hybridized carbons (Fsp3) is 1.00. The van der Waals surface area contributed by atoms with E-state index in [0.29, 0.717) is 0 Å². The summed E-state index contributed by atoms with van der Waals surface area (Å²) in [7, 11) is 1.60. The average molecular weight is 119 g/mol. The van der Waals surface area contributed by atoms with Crippen molar-refractivity contribution in [3.63, 3.8) is 0 Å². The molecule has 0 fully saturated rings. The van der Waals surface area contributed by atoms with Crippen LogP contribution in [0.1, 0.15) is 13.8 Å². The van der Waals surface area contributed by atoms with E-state index in [2.05, 4.69) is 5.48 Å². The van der Waals surface area contributed by atoms with Gasteiger partial charge in [-0.15, -0.1) is 0 Å². The summed E-state index contributed by atoms with van der Waals surface area (Å²) in [6.07, 6.45) is -0.157. The molecule has 0 bridgehead atoms. The van der Waals surface area contributed by atoms with Crippen molar-refractivity contribution in [3.05, 3.63) is 0 Å². The van der Waals surface area contributed by atoms with Crippen molar-refractivity contribution in [1.82, 2.24) is 5.48 Å². The van der Waals surface area contributed by atoms with Crippen molar-refractivity contribution < 1.29 is 9.57 Å². The maximum Gasteiger partial charge on any atom is 0.174 e. The smallest absolute Gasteiger partial charge is 0.174 e. The summed E-state index contributed by atoms with van der Waals surface area (Å²) in [4.78, 5) is 4.87. The molecule has 0 aliphatic rings. The lowest BCUT2D eigenvalue weighted by atomic mass is 10.8. The van der Waals surface area contributed by atoms with Gasteiger partial charge < -0.3 is 4.74 Å². The van der Waals surface area contributed by atoms with E-state index in [1.807, 2.05) is 13.8 Å². The van der Waals surface area contributed by atoms with Crippen molar-refractivity contribution >= 4 is 0 Å². The van der Waals surface area contributed by atoms with Gasteiger partial charge in [-0.1, -0.05) is 6.92 Å². The van der Waals surface area contributed by atoms with Gasteiger partial charge in [0.25, 0.3) is 0 Å². The lowest BCUT2D eigenvalue weighted by Crippen LogP contribution is -2.22. The number of hydrogen-bond donors (Lipinski definition) is 1. The number of methoxy groups -OCH3 is 1. The van der Waals surface area contributed by atoms with Crippen LogP contribution in [0.25, 0.3) is 0 Å². The first-order chi connectivity index (χ1) is 3.81. The molecule has 1 N–H and O–H groups in total. The molecule has 8 heavy (non-hydrogen) atoms. The number of ether oxygens (including phenoxy) is 1. The highest BCUT2D eigenvalue weighted by Crippen LogP contribution is 1.84. The van der Waals surface area contributed by atoms with Crippen molar-refractivity contribution in [2.45, 2.75) is 20.1 Å². The molecule has 50 valence electrons. The van der Waals surface area contributed by atoms with Gasteiger partial charge in [-0.25, -0.2) is 0 Å². The minimum absolute atomic E-state index is 0.157. The summed E-state index contributed by atoms with van der Waals surface area (Å²) < 4.78 is 4.77. The van der Waals surface area contributed by atoms with Gasteiger partial charge >= 0.3 is 0 Å². The van der Waals surface area contributed by atoms with E-state index in [1.54, 1.807) is 7.11 Å². The predicted octanol–water partition coefficient (Wildman–Crippen LogP) is 0.520. The van der Waals surface area contributed by atoms with Crippen LogP contribution in [0.2, 0.25) is 0 Å². The van der Waals surface area contributed by atoms with E-state index in [9.17, 15) is 0 Å². The van der Waals surface area contributed by atoms with Crippen molar-refractivity contribution in [3.8, 4) is 0 Å². The number of hydroxylamine groups is 1. The Bertz CT molecular complexity index is 49.7. The average Bonchev–Trinajstić information content (AvgIpc) is 1.83. The lowest BCUT2D eigenvalue weighted by Gasteiger charge is -2.08. The molecule has 3 heteroatoms. The topological polar surface area (TPSA) is 30.5 Å². The monoisotopic (exact) mass is 119 g/mol. The zero-order valence-electron chi connectivity index (χ0n) is 5.60. The zero-order valence-corrected chi connectivity index (χ0v) is 5.60. The molecule has 0 aliphatic heterocycles. The van der Waals surface area contributed by atoms with Gasteiger partial charge in [0.15, 0.2) is 6.29 Å². The van der Waals surface area contributed by atoms with Gasteiger partial charge in [-0.3, -0.25) is 4.84 Å². The third kappa shape index (κ3) is 4.05. The first kappa shape index (κ1) is 7.88. The molecule has 1 atom stereocenters. The highest BCUT2D eigenvalue weighted by Gasteiger charge is 1.93. The molecule has 0 aromatic heterocycles. The van der Waals surface area contributed by atoms with Crippen LogP contribution in [-0.4, -0.2) is 19.9 Å². The van der Waals surface area contributed by atoms with Crippen LogP contribution in [0.5, 0.6) is 0 Å². The van der Waals surface area contributed by atoms with Crippen molar-refractivity contribution in [1.29, 1.82) is 0 Å². The Hall–Kier alpha value is -0.120. The van der Waals surface area contributed by atoms with Crippen molar-refractivity contribution in [2.24, 2.45) is 0 Å². The molecule has 0 saturated heterocycles. The van der Waals surface area contributed by atoms with Gasteiger partial charge in [0.1, 0.15) is 0 Å². The molecule has 0 rings (SSSR count). The zero-order chi connectivity index (χ0) is 6.41. The number of hydrogen-bond acceptors (Lipinski definition) is 3. The van der Waals surface area contributed by atoms with Gasteiger partial charge in [-0.2, -0.15) is 5.48 Å². The third-order valence-electron chi connectivity index (χ3n) is 0.726. The van der Waals surface area contributed by atoms with Crippen LogP contribution in [0.3, 0.4) is 0 Å². The van der Waals surface area contributed by atoms with Crippen LogP contribution in [0.15, 0.2) is 0 Å². The van der Waals surface area contributed by atoms with E-state index in [1.165, 1.54) is 0 Å². The maximum atomic E-state index is 4.87. The van der Waals surface area contributed by atoms with Gasteiger partial charge in [0.2, 0.25) is 0 Å². The van der Waals surface area contributed by atoms with E-state index in [-0.39, 0.29) is 6.29 Å². The molecular formula is C5H13NO2. The second-order valence-corrected chi connectivity index (χ2v) is 1.42. The molecule has 0 spiro atoms. The quantitative estimate of drug-likeness (QED) is 0.432. The second kappa shape index (κ2) is 5.03. The molecule has 0 saturated carbocycles. The van der Waals surface area contributed by atoms with Gasteiger partial charge in [0.05, 0.1) is 0 Å². The Balaban J connectivity index is 2.86. The largest absolute Gasteiger partial charge is 0.354 e. The summed E-state index contributed by atoms with van der Waals surface area (Å²) in [5.41, 5.74) is 2.67. The standard InChI is InChI=1S/C5H13NO2/c1-4-6-8-5(2)7-3/h5-6H,4H2,1-3H3. The molecule has 1 unspecified atom stereocenters. The molecule has 0 radical (unpaired) electrons. The van der Waals surface area contributed by atoms with E-state index in [0.717, 1.165) is 6.54 Å². The van der Waals surface area contributed by atoms with Crippen LogP contribution in [0, 0.1) is 0 Å². The highest BCUT2D eigenvalue weighted by molar-refractivity contribution is 4.22. The third-order valence-corrected chi connectivity index (χ3v) is 0.726. The number of rotatable bonds is 4. The molecule has 0 heterocycles. The first-order valence-corrected chi connectivity index (χ1v) is 2.72. The SMILES string of the molecule is CCNOC(C)OC. The fourth-order valence-electron chi connectivity index (χ4n) is 0.249. The predicted molar refractivity (Wildman–Crippen MR) is 31.2 cm³/mol. The first-order valence-electron chi connectivity index (χ1n) is 2.72. The highest BCUT2D eigenvalue weighted by atomic mass is 16.8. The molecule has 3 nitrogen and oxygen atoms in total. The summed E-state index contributed by atoms with van der Waals surface area (Å²) in [6.45, 7) is 4.58. The van der Waals surface area contributed by atoms with Crippen LogP contribution < -0.4 is 5.48 Å². The van der Waals surface area contributed by atoms with Crippen LogP contribution >= 0.6 is 0 Å². The number of nitrogens with one attached hydrogen (secondary N) is 1. The Morgan fingerprint density at radius 2 is 2.25 bits per heavy atom. The van der Waals surface area contributed by atoms with E-state index >= 15 is 0 Å². The normalized spacial score (nSPS) is 13.9. The van der Waals surface area contributed by atoms with Gasteiger partial charge in [-0.05, 0) is 6.92 Å². The van der Waals surface area contributed by atoms with E-state index < -0.39 is 0 Å².